The largest absolute Gasteiger partial charge is 0.297 e. The summed E-state index contributed by atoms with van der Waals surface area (Å²) in [5, 5.41) is 0. The summed E-state index contributed by atoms with van der Waals surface area (Å²) in [6.07, 6.45) is 14.0. The molecule has 0 radical (unpaired) electrons. The van der Waals surface area contributed by atoms with Gasteiger partial charge in [0, 0.05) is 6.04 Å². The first kappa shape index (κ1) is 23.7. The van der Waals surface area contributed by atoms with E-state index in [4.69, 9.17) is 0 Å². The third-order valence-corrected chi connectivity index (χ3v) is 5.02. The molecule has 0 aromatic heterocycles. The van der Waals surface area contributed by atoms with E-state index < -0.39 is 0 Å². The fourth-order valence-corrected chi connectivity index (χ4v) is 3.55. The highest BCUT2D eigenvalue weighted by molar-refractivity contribution is 8.93. The molecule has 1 rings (SSSR count). The Morgan fingerprint density at radius 1 is 0.708 bits per heavy atom. The van der Waals surface area contributed by atoms with Crippen molar-refractivity contribution < 1.29 is 0 Å². The molecule has 0 amide bonds. The molecule has 0 saturated heterocycles. The molecule has 0 N–H and O–H groups in total. The Kier molecular flexibility index (Phi) is 15.9. The zero-order valence-corrected chi connectivity index (χ0v) is 18.0. The topological polar surface area (TPSA) is 3.24 Å². The average Bonchev–Trinajstić information content (AvgIpc) is 2.60. The maximum Gasteiger partial charge on any atom is 0.0347 e. The minimum absolute atomic E-state index is 0. The van der Waals surface area contributed by atoms with Crippen molar-refractivity contribution in [2.45, 2.75) is 91.0 Å². The molecule has 0 spiro atoms. The summed E-state index contributed by atoms with van der Waals surface area (Å²) in [4.78, 5) is 2.61. The Morgan fingerprint density at radius 3 is 1.71 bits per heavy atom. The third kappa shape index (κ3) is 9.84. The van der Waals surface area contributed by atoms with Crippen molar-refractivity contribution in [1.29, 1.82) is 0 Å². The monoisotopic (exact) mass is 397 g/mol. The van der Waals surface area contributed by atoms with E-state index in [2.05, 4.69) is 56.0 Å². The number of halogens is 1. The quantitative estimate of drug-likeness (QED) is 0.292. The number of hydrogen-bond donors (Lipinski definition) is 0. The first-order valence-electron chi connectivity index (χ1n) is 10.1. The SMILES string of the molecule is Br.CCCCCCCCCCCC(c1ccccc1)N(CC)CC. The Labute approximate surface area is 162 Å². The van der Waals surface area contributed by atoms with Crippen molar-refractivity contribution in [3.63, 3.8) is 0 Å². The van der Waals surface area contributed by atoms with Crippen molar-refractivity contribution in [3.05, 3.63) is 35.9 Å². The van der Waals surface area contributed by atoms with E-state index >= 15 is 0 Å². The van der Waals surface area contributed by atoms with Crippen molar-refractivity contribution in [2.24, 2.45) is 0 Å². The van der Waals surface area contributed by atoms with Gasteiger partial charge in [0.25, 0.3) is 0 Å². The molecule has 1 atom stereocenters. The fourth-order valence-electron chi connectivity index (χ4n) is 3.55. The zero-order valence-electron chi connectivity index (χ0n) is 16.3. The molecule has 1 nitrogen and oxygen atoms in total. The first-order chi connectivity index (χ1) is 11.3. The van der Waals surface area contributed by atoms with Gasteiger partial charge < -0.3 is 0 Å². The van der Waals surface area contributed by atoms with Crippen LogP contribution in [0.15, 0.2) is 30.3 Å². The summed E-state index contributed by atoms with van der Waals surface area (Å²) >= 11 is 0. The molecule has 0 aliphatic rings. The van der Waals surface area contributed by atoms with E-state index in [1.54, 1.807) is 0 Å². The van der Waals surface area contributed by atoms with Crippen LogP contribution in [0.4, 0.5) is 0 Å². The van der Waals surface area contributed by atoms with Crippen LogP contribution in [-0.4, -0.2) is 18.0 Å². The predicted octanol–water partition coefficient (Wildman–Crippen LogP) is 7.57. The van der Waals surface area contributed by atoms with Crippen LogP contribution >= 0.6 is 17.0 Å². The molecule has 140 valence electrons. The highest BCUT2D eigenvalue weighted by Crippen LogP contribution is 2.26. The van der Waals surface area contributed by atoms with E-state index in [0.717, 1.165) is 13.1 Å². The number of rotatable bonds is 14. The van der Waals surface area contributed by atoms with Gasteiger partial charge in [0.1, 0.15) is 0 Å². The van der Waals surface area contributed by atoms with Crippen LogP contribution in [0.1, 0.15) is 96.6 Å². The lowest BCUT2D eigenvalue weighted by Crippen LogP contribution is -2.28. The van der Waals surface area contributed by atoms with Crippen LogP contribution in [0.3, 0.4) is 0 Å². The zero-order chi connectivity index (χ0) is 16.8. The molecule has 0 saturated carbocycles. The Bertz CT molecular complexity index is 361. The standard InChI is InChI=1S/C22H39N.BrH/c1-4-7-8-9-10-11-12-13-17-20-22(23(5-2)6-3)21-18-15-14-16-19-21;/h14-16,18-19,22H,4-13,17,20H2,1-3H3;1H. The van der Waals surface area contributed by atoms with Gasteiger partial charge in [-0.1, -0.05) is 109 Å². The third-order valence-electron chi connectivity index (χ3n) is 5.02. The summed E-state index contributed by atoms with van der Waals surface area (Å²) in [5.74, 6) is 0. The van der Waals surface area contributed by atoms with Crippen LogP contribution < -0.4 is 0 Å². The number of nitrogens with zero attached hydrogens (tertiary/aromatic N) is 1. The Hall–Kier alpha value is -0.340. The van der Waals surface area contributed by atoms with Crippen LogP contribution in [0.2, 0.25) is 0 Å². The van der Waals surface area contributed by atoms with E-state index in [-0.39, 0.29) is 17.0 Å². The number of unbranched alkanes of at least 4 members (excludes halogenated alkanes) is 8. The Balaban J connectivity index is 0.00000529. The second-order valence-corrected chi connectivity index (χ2v) is 6.76. The minimum atomic E-state index is 0. The van der Waals surface area contributed by atoms with Gasteiger partial charge in [0.15, 0.2) is 0 Å². The van der Waals surface area contributed by atoms with Gasteiger partial charge in [-0.15, -0.1) is 17.0 Å². The minimum Gasteiger partial charge on any atom is -0.297 e. The van der Waals surface area contributed by atoms with Crippen molar-refractivity contribution in [1.82, 2.24) is 4.90 Å². The van der Waals surface area contributed by atoms with Gasteiger partial charge in [0.05, 0.1) is 0 Å². The Morgan fingerprint density at radius 2 is 1.21 bits per heavy atom. The second kappa shape index (κ2) is 16.1. The normalized spacial score (nSPS) is 12.2. The highest BCUT2D eigenvalue weighted by Gasteiger charge is 2.16. The van der Waals surface area contributed by atoms with Crippen molar-refractivity contribution in [2.75, 3.05) is 13.1 Å². The maximum atomic E-state index is 2.61. The van der Waals surface area contributed by atoms with Crippen LogP contribution in [0.25, 0.3) is 0 Å². The lowest BCUT2D eigenvalue weighted by molar-refractivity contribution is 0.204. The van der Waals surface area contributed by atoms with Crippen molar-refractivity contribution >= 4 is 17.0 Å². The van der Waals surface area contributed by atoms with Gasteiger partial charge in [-0.2, -0.15) is 0 Å². The van der Waals surface area contributed by atoms with Gasteiger partial charge >= 0.3 is 0 Å². The van der Waals surface area contributed by atoms with Gasteiger partial charge in [-0.05, 0) is 25.1 Å². The average molecular weight is 398 g/mol. The predicted molar refractivity (Wildman–Crippen MR) is 114 cm³/mol. The number of hydrogen-bond acceptors (Lipinski definition) is 1. The molecule has 0 aliphatic carbocycles. The van der Waals surface area contributed by atoms with Gasteiger partial charge in [0.2, 0.25) is 0 Å². The van der Waals surface area contributed by atoms with E-state index in [9.17, 15) is 0 Å². The second-order valence-electron chi connectivity index (χ2n) is 6.76. The summed E-state index contributed by atoms with van der Waals surface area (Å²) in [5.41, 5.74) is 1.50. The summed E-state index contributed by atoms with van der Waals surface area (Å²) in [6, 6.07) is 11.7. The fraction of sp³-hybridized carbons (Fsp3) is 0.727. The van der Waals surface area contributed by atoms with Crippen molar-refractivity contribution in [3.8, 4) is 0 Å². The molecule has 0 bridgehead atoms. The molecule has 24 heavy (non-hydrogen) atoms. The summed E-state index contributed by atoms with van der Waals surface area (Å²) in [6.45, 7) is 9.16. The molecule has 0 aliphatic heterocycles. The van der Waals surface area contributed by atoms with Crippen LogP contribution in [-0.2, 0) is 0 Å². The maximum absolute atomic E-state index is 2.61. The van der Waals surface area contributed by atoms with E-state index in [0.29, 0.717) is 6.04 Å². The molecular weight excluding hydrogens is 358 g/mol. The van der Waals surface area contributed by atoms with Gasteiger partial charge in [-0.3, -0.25) is 4.90 Å². The summed E-state index contributed by atoms with van der Waals surface area (Å²) < 4.78 is 0. The molecule has 1 aromatic carbocycles. The molecule has 2 heteroatoms. The molecule has 0 fully saturated rings. The highest BCUT2D eigenvalue weighted by atomic mass is 79.9. The molecule has 0 heterocycles. The summed E-state index contributed by atoms with van der Waals surface area (Å²) in [7, 11) is 0. The van der Waals surface area contributed by atoms with E-state index in [1.165, 1.54) is 69.8 Å². The smallest absolute Gasteiger partial charge is 0.0347 e. The van der Waals surface area contributed by atoms with Gasteiger partial charge in [-0.25, -0.2) is 0 Å². The molecule has 1 aromatic rings. The lowest BCUT2D eigenvalue weighted by atomic mass is 9.98. The van der Waals surface area contributed by atoms with Crippen LogP contribution in [0, 0.1) is 0 Å². The molecular formula is C22H40BrN. The number of benzene rings is 1. The molecule has 1 unspecified atom stereocenters. The first-order valence-corrected chi connectivity index (χ1v) is 10.1. The van der Waals surface area contributed by atoms with E-state index in [1.807, 2.05) is 0 Å². The van der Waals surface area contributed by atoms with Crippen LogP contribution in [0.5, 0.6) is 0 Å². The lowest BCUT2D eigenvalue weighted by Gasteiger charge is -2.30.